The van der Waals surface area contributed by atoms with E-state index in [2.05, 4.69) is 31.2 Å². The molecule has 88 valence electrons. The van der Waals surface area contributed by atoms with E-state index in [1.165, 1.54) is 22.6 Å². The zero-order valence-corrected chi connectivity index (χ0v) is 11.2. The maximum Gasteiger partial charge on any atom is 0.0464 e. The molecule has 0 radical (unpaired) electrons. The van der Waals surface area contributed by atoms with E-state index in [1.807, 2.05) is 23.5 Å². The number of fused-ring (bicyclic) bond motifs is 1. The molecule has 1 aliphatic rings. The number of benzene rings is 1. The Hall–Kier alpha value is -0.120. The van der Waals surface area contributed by atoms with Gasteiger partial charge in [-0.2, -0.15) is 11.8 Å². The summed E-state index contributed by atoms with van der Waals surface area (Å²) in [5, 5.41) is 9.68. The Morgan fingerprint density at radius 3 is 3.06 bits per heavy atom. The third-order valence-corrected chi connectivity index (χ3v) is 5.70. The second kappa shape index (κ2) is 5.99. The SMILES string of the molecule is CC(CO)CSCC1Cc2ccccc2S1. The fourth-order valence-corrected chi connectivity index (χ4v) is 4.47. The second-order valence-corrected chi connectivity index (χ2v) is 6.79. The normalized spacial score (nSPS) is 20.8. The van der Waals surface area contributed by atoms with E-state index in [1.54, 1.807) is 0 Å². The summed E-state index contributed by atoms with van der Waals surface area (Å²) < 4.78 is 0. The van der Waals surface area contributed by atoms with Crippen molar-refractivity contribution in [3.8, 4) is 0 Å². The quantitative estimate of drug-likeness (QED) is 0.872. The fraction of sp³-hybridized carbons (Fsp3) is 0.538. The molecule has 1 aromatic carbocycles. The number of aliphatic hydroxyl groups is 1. The van der Waals surface area contributed by atoms with Crippen molar-refractivity contribution in [1.29, 1.82) is 0 Å². The van der Waals surface area contributed by atoms with Gasteiger partial charge < -0.3 is 5.11 Å². The molecule has 1 nitrogen and oxygen atoms in total. The van der Waals surface area contributed by atoms with Gasteiger partial charge in [-0.15, -0.1) is 11.8 Å². The van der Waals surface area contributed by atoms with Gasteiger partial charge in [0, 0.05) is 22.5 Å². The van der Waals surface area contributed by atoms with Gasteiger partial charge in [0.2, 0.25) is 0 Å². The number of hydrogen-bond donors (Lipinski definition) is 1. The van der Waals surface area contributed by atoms with Crippen molar-refractivity contribution < 1.29 is 5.11 Å². The van der Waals surface area contributed by atoms with E-state index >= 15 is 0 Å². The minimum absolute atomic E-state index is 0.311. The fourth-order valence-electron chi connectivity index (χ4n) is 1.80. The van der Waals surface area contributed by atoms with Crippen molar-refractivity contribution in [1.82, 2.24) is 0 Å². The van der Waals surface area contributed by atoms with Gasteiger partial charge in [0.05, 0.1) is 0 Å². The average molecular weight is 254 g/mol. The molecule has 0 spiro atoms. The van der Waals surface area contributed by atoms with Crippen LogP contribution in [0.3, 0.4) is 0 Å². The van der Waals surface area contributed by atoms with Crippen LogP contribution in [-0.4, -0.2) is 28.5 Å². The van der Waals surface area contributed by atoms with Crippen LogP contribution in [0.2, 0.25) is 0 Å². The lowest BCUT2D eigenvalue weighted by Crippen LogP contribution is -2.09. The molecule has 16 heavy (non-hydrogen) atoms. The monoisotopic (exact) mass is 254 g/mol. The molecular weight excluding hydrogens is 236 g/mol. The summed E-state index contributed by atoms with van der Waals surface area (Å²) in [6.07, 6.45) is 1.21. The van der Waals surface area contributed by atoms with Crippen molar-refractivity contribution in [3.63, 3.8) is 0 Å². The highest BCUT2D eigenvalue weighted by atomic mass is 32.2. The first-order chi connectivity index (χ1) is 7.79. The van der Waals surface area contributed by atoms with E-state index in [-0.39, 0.29) is 0 Å². The molecule has 1 aromatic rings. The minimum Gasteiger partial charge on any atom is -0.396 e. The molecule has 0 saturated carbocycles. The van der Waals surface area contributed by atoms with Gasteiger partial charge in [0.25, 0.3) is 0 Å². The molecule has 1 N–H and O–H groups in total. The van der Waals surface area contributed by atoms with Crippen LogP contribution in [0.5, 0.6) is 0 Å². The number of rotatable bonds is 5. The van der Waals surface area contributed by atoms with Crippen LogP contribution in [0.1, 0.15) is 12.5 Å². The second-order valence-electron chi connectivity index (χ2n) is 4.38. The van der Waals surface area contributed by atoms with Gasteiger partial charge in [-0.05, 0) is 29.7 Å². The van der Waals surface area contributed by atoms with Crippen molar-refractivity contribution in [2.24, 2.45) is 5.92 Å². The first-order valence-corrected chi connectivity index (χ1v) is 7.76. The average Bonchev–Trinajstić information content (AvgIpc) is 2.71. The minimum atomic E-state index is 0.311. The number of aliphatic hydroxyl groups excluding tert-OH is 1. The topological polar surface area (TPSA) is 20.2 Å². The summed E-state index contributed by atoms with van der Waals surface area (Å²) in [6, 6.07) is 8.71. The van der Waals surface area contributed by atoms with Crippen LogP contribution >= 0.6 is 23.5 Å². The molecule has 0 saturated heterocycles. The summed E-state index contributed by atoms with van der Waals surface area (Å²) in [7, 11) is 0. The van der Waals surface area contributed by atoms with Crippen LogP contribution < -0.4 is 0 Å². The molecule has 0 aromatic heterocycles. The lowest BCUT2D eigenvalue weighted by Gasteiger charge is -2.10. The molecule has 2 unspecified atom stereocenters. The van der Waals surface area contributed by atoms with Gasteiger partial charge in [0.1, 0.15) is 0 Å². The van der Waals surface area contributed by atoms with Crippen LogP contribution in [0.25, 0.3) is 0 Å². The van der Waals surface area contributed by atoms with Crippen LogP contribution in [0.15, 0.2) is 29.2 Å². The molecule has 0 amide bonds. The highest BCUT2D eigenvalue weighted by molar-refractivity contribution is 8.03. The van der Waals surface area contributed by atoms with Crippen LogP contribution in [0.4, 0.5) is 0 Å². The van der Waals surface area contributed by atoms with Gasteiger partial charge in [0.15, 0.2) is 0 Å². The Labute approximate surface area is 106 Å². The first-order valence-electron chi connectivity index (χ1n) is 5.72. The molecular formula is C13H18OS2. The molecule has 2 rings (SSSR count). The lowest BCUT2D eigenvalue weighted by molar-refractivity contribution is 0.250. The van der Waals surface area contributed by atoms with E-state index in [0.29, 0.717) is 12.5 Å². The first kappa shape index (κ1) is 12.3. The third-order valence-electron chi connectivity index (χ3n) is 2.73. The van der Waals surface area contributed by atoms with Crippen molar-refractivity contribution in [2.45, 2.75) is 23.5 Å². The summed E-state index contributed by atoms with van der Waals surface area (Å²) in [5.41, 5.74) is 1.51. The third kappa shape index (κ3) is 3.19. The predicted octanol–water partition coefficient (Wildman–Crippen LogP) is 3.07. The van der Waals surface area contributed by atoms with Crippen molar-refractivity contribution in [3.05, 3.63) is 29.8 Å². The zero-order valence-electron chi connectivity index (χ0n) is 9.56. The smallest absolute Gasteiger partial charge is 0.0464 e. The number of thioether (sulfide) groups is 2. The summed E-state index contributed by atoms with van der Waals surface area (Å²) >= 11 is 3.99. The number of hydrogen-bond acceptors (Lipinski definition) is 3. The maximum atomic E-state index is 8.95. The maximum absolute atomic E-state index is 8.95. The Morgan fingerprint density at radius 2 is 2.31 bits per heavy atom. The predicted molar refractivity (Wildman–Crippen MR) is 73.4 cm³/mol. The standard InChI is InChI=1S/C13H18OS2/c1-10(7-14)8-15-9-12-6-11-4-2-3-5-13(11)16-12/h2-5,10,12,14H,6-9H2,1H3. The van der Waals surface area contributed by atoms with Crippen molar-refractivity contribution in [2.75, 3.05) is 18.1 Å². The molecule has 1 heterocycles. The van der Waals surface area contributed by atoms with Crippen molar-refractivity contribution >= 4 is 23.5 Å². The Bertz CT molecular complexity index is 315. The highest BCUT2D eigenvalue weighted by Gasteiger charge is 2.21. The van der Waals surface area contributed by atoms with E-state index in [9.17, 15) is 0 Å². The Balaban J connectivity index is 1.75. The molecule has 0 bridgehead atoms. The largest absolute Gasteiger partial charge is 0.396 e. The Kier molecular flexibility index (Phi) is 4.62. The molecule has 3 heteroatoms. The summed E-state index contributed by atoms with van der Waals surface area (Å²) in [6.45, 7) is 2.41. The van der Waals surface area contributed by atoms with Gasteiger partial charge in [-0.3, -0.25) is 0 Å². The molecule has 2 atom stereocenters. The summed E-state index contributed by atoms with van der Waals surface area (Å²) in [5.74, 6) is 2.70. The van der Waals surface area contributed by atoms with Gasteiger partial charge >= 0.3 is 0 Å². The molecule has 1 aliphatic heterocycles. The van der Waals surface area contributed by atoms with Gasteiger partial charge in [-0.1, -0.05) is 25.1 Å². The molecule has 0 fully saturated rings. The van der Waals surface area contributed by atoms with Crippen LogP contribution in [0, 0.1) is 5.92 Å². The molecule has 0 aliphatic carbocycles. The van der Waals surface area contributed by atoms with E-state index in [4.69, 9.17) is 5.11 Å². The highest BCUT2D eigenvalue weighted by Crippen LogP contribution is 2.38. The zero-order chi connectivity index (χ0) is 11.4. The van der Waals surface area contributed by atoms with E-state index in [0.717, 1.165) is 11.0 Å². The van der Waals surface area contributed by atoms with E-state index < -0.39 is 0 Å². The van der Waals surface area contributed by atoms with Crippen LogP contribution in [-0.2, 0) is 6.42 Å². The van der Waals surface area contributed by atoms with Gasteiger partial charge in [-0.25, -0.2) is 0 Å². The summed E-state index contributed by atoms with van der Waals surface area (Å²) in [4.78, 5) is 1.46. The Morgan fingerprint density at radius 1 is 1.50 bits per heavy atom. The lowest BCUT2D eigenvalue weighted by atomic mass is 10.1.